The number of amides is 2. The molecule has 2 rings (SSSR count). The van der Waals surface area contributed by atoms with Crippen LogP contribution in [0.3, 0.4) is 0 Å². The van der Waals surface area contributed by atoms with Crippen LogP contribution in [-0.4, -0.2) is 21.6 Å². The van der Waals surface area contributed by atoms with E-state index in [0.29, 0.717) is 5.56 Å². The first-order valence-corrected chi connectivity index (χ1v) is 6.97. The standard InChI is InChI=1S/C16H17FN4O2/c1-11-9-12(2)21(20-11)10-16(23)19-18-15(22)8-5-13-3-6-14(17)7-4-13/h3-9H,10H2,1-2H3,(H,18,22)(H,19,23)/b8-5+. The van der Waals surface area contributed by atoms with Crippen molar-refractivity contribution in [1.29, 1.82) is 0 Å². The first-order chi connectivity index (χ1) is 10.9. The number of aryl methyl sites for hydroxylation is 2. The third-order valence-electron chi connectivity index (χ3n) is 3.02. The zero-order valence-corrected chi connectivity index (χ0v) is 12.8. The second-order valence-corrected chi connectivity index (χ2v) is 5.01. The Kier molecular flexibility index (Phi) is 5.24. The normalized spacial score (nSPS) is 10.7. The van der Waals surface area contributed by atoms with E-state index in [2.05, 4.69) is 16.0 Å². The fourth-order valence-electron chi connectivity index (χ4n) is 1.93. The van der Waals surface area contributed by atoms with Crippen LogP contribution in [0.2, 0.25) is 0 Å². The van der Waals surface area contributed by atoms with Crippen LogP contribution in [0.4, 0.5) is 4.39 Å². The molecule has 0 atom stereocenters. The molecule has 1 heterocycles. The maximum atomic E-state index is 12.7. The summed E-state index contributed by atoms with van der Waals surface area (Å²) in [5.41, 5.74) is 6.93. The van der Waals surface area contributed by atoms with Crippen molar-refractivity contribution in [3.8, 4) is 0 Å². The highest BCUT2D eigenvalue weighted by molar-refractivity contribution is 5.93. The molecule has 0 bridgehead atoms. The molecule has 0 unspecified atom stereocenters. The Morgan fingerprint density at radius 2 is 1.91 bits per heavy atom. The molecule has 1 aromatic carbocycles. The number of hydrogen-bond donors (Lipinski definition) is 2. The molecule has 2 amide bonds. The van der Waals surface area contributed by atoms with Crippen molar-refractivity contribution in [2.24, 2.45) is 0 Å². The van der Waals surface area contributed by atoms with E-state index in [4.69, 9.17) is 0 Å². The van der Waals surface area contributed by atoms with Crippen molar-refractivity contribution in [2.45, 2.75) is 20.4 Å². The van der Waals surface area contributed by atoms with E-state index < -0.39 is 5.91 Å². The Morgan fingerprint density at radius 1 is 1.22 bits per heavy atom. The van der Waals surface area contributed by atoms with Gasteiger partial charge in [0.25, 0.3) is 11.8 Å². The number of benzene rings is 1. The van der Waals surface area contributed by atoms with Crippen LogP contribution in [-0.2, 0) is 16.1 Å². The number of nitrogens with zero attached hydrogens (tertiary/aromatic N) is 2. The van der Waals surface area contributed by atoms with Gasteiger partial charge in [0, 0.05) is 11.8 Å². The first-order valence-electron chi connectivity index (χ1n) is 6.97. The molecule has 7 heteroatoms. The van der Waals surface area contributed by atoms with Crippen LogP contribution in [0.25, 0.3) is 6.08 Å². The summed E-state index contributed by atoms with van der Waals surface area (Å²) in [6.07, 6.45) is 2.76. The monoisotopic (exact) mass is 316 g/mol. The molecule has 120 valence electrons. The van der Waals surface area contributed by atoms with Gasteiger partial charge < -0.3 is 0 Å². The molecule has 0 aliphatic heterocycles. The molecule has 0 aliphatic rings. The Balaban J connectivity index is 1.80. The molecule has 0 saturated heterocycles. The first kappa shape index (κ1) is 16.4. The SMILES string of the molecule is Cc1cc(C)n(CC(=O)NNC(=O)/C=C/c2ccc(F)cc2)n1. The van der Waals surface area contributed by atoms with Gasteiger partial charge >= 0.3 is 0 Å². The van der Waals surface area contributed by atoms with E-state index in [1.807, 2.05) is 19.9 Å². The van der Waals surface area contributed by atoms with Gasteiger partial charge in [0.15, 0.2) is 0 Å². The maximum absolute atomic E-state index is 12.7. The van der Waals surface area contributed by atoms with Gasteiger partial charge in [-0.3, -0.25) is 25.1 Å². The van der Waals surface area contributed by atoms with Gasteiger partial charge in [0.2, 0.25) is 0 Å². The molecule has 6 nitrogen and oxygen atoms in total. The zero-order chi connectivity index (χ0) is 16.8. The van der Waals surface area contributed by atoms with Crippen LogP contribution in [0.1, 0.15) is 17.0 Å². The van der Waals surface area contributed by atoms with Crippen LogP contribution < -0.4 is 10.9 Å². The zero-order valence-electron chi connectivity index (χ0n) is 12.8. The second-order valence-electron chi connectivity index (χ2n) is 5.01. The second kappa shape index (κ2) is 7.35. The third kappa shape index (κ3) is 5.06. The van der Waals surface area contributed by atoms with Crippen molar-refractivity contribution >= 4 is 17.9 Å². The molecule has 0 radical (unpaired) electrons. The van der Waals surface area contributed by atoms with Gasteiger partial charge in [-0.05, 0) is 43.7 Å². The van der Waals surface area contributed by atoms with Crippen molar-refractivity contribution in [3.05, 3.63) is 59.2 Å². The van der Waals surface area contributed by atoms with Gasteiger partial charge in [-0.2, -0.15) is 5.10 Å². The Hall–Kier alpha value is -2.96. The third-order valence-corrected chi connectivity index (χ3v) is 3.02. The number of halogens is 1. The predicted octanol–water partition coefficient (Wildman–Crippen LogP) is 1.50. The molecule has 0 spiro atoms. The molecule has 2 aromatic rings. The summed E-state index contributed by atoms with van der Waals surface area (Å²) in [5.74, 6) is -1.22. The van der Waals surface area contributed by atoms with Crippen LogP contribution in [0.15, 0.2) is 36.4 Å². The van der Waals surface area contributed by atoms with E-state index in [1.54, 1.807) is 16.8 Å². The molecule has 0 aliphatic carbocycles. The van der Waals surface area contributed by atoms with E-state index in [1.165, 1.54) is 24.3 Å². The van der Waals surface area contributed by atoms with Gasteiger partial charge in [0.05, 0.1) is 5.69 Å². The van der Waals surface area contributed by atoms with Gasteiger partial charge in [0.1, 0.15) is 12.4 Å². The minimum atomic E-state index is -0.490. The average Bonchev–Trinajstić information content (AvgIpc) is 2.82. The molecule has 0 fully saturated rings. The lowest BCUT2D eigenvalue weighted by Gasteiger charge is -2.06. The van der Waals surface area contributed by atoms with Crippen molar-refractivity contribution < 1.29 is 14.0 Å². The van der Waals surface area contributed by atoms with Crippen molar-refractivity contribution in [2.75, 3.05) is 0 Å². The smallest absolute Gasteiger partial charge is 0.262 e. The molecule has 1 aromatic heterocycles. The summed E-state index contributed by atoms with van der Waals surface area (Å²) in [4.78, 5) is 23.3. The molecular weight excluding hydrogens is 299 g/mol. The number of carbonyl (C=O) groups is 2. The lowest BCUT2D eigenvalue weighted by Crippen LogP contribution is -2.42. The van der Waals surface area contributed by atoms with Crippen LogP contribution in [0, 0.1) is 19.7 Å². The Bertz CT molecular complexity index is 735. The number of hydrazine groups is 1. The number of rotatable bonds is 4. The quantitative estimate of drug-likeness (QED) is 0.663. The van der Waals surface area contributed by atoms with E-state index in [0.717, 1.165) is 11.4 Å². The summed E-state index contributed by atoms with van der Waals surface area (Å²) in [6.45, 7) is 3.70. The summed E-state index contributed by atoms with van der Waals surface area (Å²) >= 11 is 0. The highest BCUT2D eigenvalue weighted by Gasteiger charge is 2.07. The summed E-state index contributed by atoms with van der Waals surface area (Å²) in [6, 6.07) is 7.54. The molecule has 23 heavy (non-hydrogen) atoms. The van der Waals surface area contributed by atoms with E-state index >= 15 is 0 Å². The van der Waals surface area contributed by atoms with E-state index in [9.17, 15) is 14.0 Å². The topological polar surface area (TPSA) is 76.0 Å². The number of aromatic nitrogens is 2. The number of hydrogen-bond acceptors (Lipinski definition) is 3. The highest BCUT2D eigenvalue weighted by Crippen LogP contribution is 2.04. The Labute approximate surface area is 133 Å². The fraction of sp³-hybridized carbons (Fsp3) is 0.188. The summed E-state index contributed by atoms with van der Waals surface area (Å²) in [7, 11) is 0. The molecule has 2 N–H and O–H groups in total. The lowest BCUT2D eigenvalue weighted by atomic mass is 10.2. The molecule has 0 saturated carbocycles. The lowest BCUT2D eigenvalue weighted by molar-refractivity contribution is -0.127. The van der Waals surface area contributed by atoms with Gasteiger partial charge in [-0.15, -0.1) is 0 Å². The van der Waals surface area contributed by atoms with Crippen LogP contribution in [0.5, 0.6) is 0 Å². The summed E-state index contributed by atoms with van der Waals surface area (Å²) in [5, 5.41) is 4.16. The maximum Gasteiger partial charge on any atom is 0.262 e. The van der Waals surface area contributed by atoms with Crippen LogP contribution >= 0.6 is 0 Å². The minimum Gasteiger partial charge on any atom is -0.271 e. The number of carbonyl (C=O) groups excluding carboxylic acids is 2. The van der Waals surface area contributed by atoms with Crippen molar-refractivity contribution in [3.63, 3.8) is 0 Å². The van der Waals surface area contributed by atoms with Gasteiger partial charge in [-0.1, -0.05) is 12.1 Å². The number of nitrogens with one attached hydrogen (secondary N) is 2. The summed E-state index contributed by atoms with van der Waals surface area (Å²) < 4.78 is 14.3. The molecular formula is C16H17FN4O2. The predicted molar refractivity (Wildman–Crippen MR) is 83.4 cm³/mol. The fourth-order valence-corrected chi connectivity index (χ4v) is 1.93. The van der Waals surface area contributed by atoms with E-state index in [-0.39, 0.29) is 18.3 Å². The average molecular weight is 316 g/mol. The van der Waals surface area contributed by atoms with Gasteiger partial charge in [-0.25, -0.2) is 4.39 Å². The highest BCUT2D eigenvalue weighted by atomic mass is 19.1. The Morgan fingerprint density at radius 3 is 2.52 bits per heavy atom. The van der Waals surface area contributed by atoms with Crippen molar-refractivity contribution in [1.82, 2.24) is 20.6 Å². The minimum absolute atomic E-state index is 0.0155. The largest absolute Gasteiger partial charge is 0.271 e.